The summed E-state index contributed by atoms with van der Waals surface area (Å²) < 4.78 is 4.44. The van der Waals surface area contributed by atoms with Crippen molar-refractivity contribution in [2.45, 2.75) is 12.1 Å². The molecule has 1 aromatic rings. The van der Waals surface area contributed by atoms with Crippen LogP contribution in [0.3, 0.4) is 0 Å². The lowest BCUT2D eigenvalue weighted by Gasteiger charge is -2.16. The Labute approximate surface area is 92.1 Å². The quantitative estimate of drug-likeness (QED) is 0.361. The Bertz CT molecular complexity index is 401. The highest BCUT2D eigenvalue weighted by atomic mass is 16.5. The predicted octanol–water partition coefficient (Wildman–Crippen LogP) is 1.57. The van der Waals surface area contributed by atoms with Crippen LogP contribution < -0.4 is 0 Å². The predicted molar refractivity (Wildman–Crippen MR) is 56.4 cm³/mol. The number of azide groups is 1. The van der Waals surface area contributed by atoms with Gasteiger partial charge in [-0.3, -0.25) is 4.79 Å². The molecule has 0 aliphatic rings. The van der Waals surface area contributed by atoms with Crippen molar-refractivity contribution in [1.82, 2.24) is 0 Å². The van der Waals surface area contributed by atoms with Crippen LogP contribution in [0.1, 0.15) is 11.7 Å². The van der Waals surface area contributed by atoms with Gasteiger partial charge in [0.2, 0.25) is 0 Å². The van der Waals surface area contributed by atoms with Gasteiger partial charge in [0, 0.05) is 4.91 Å². The number of hydrogen-bond acceptors (Lipinski definition) is 4. The molecule has 16 heavy (non-hydrogen) atoms. The van der Waals surface area contributed by atoms with E-state index in [-0.39, 0.29) is 0 Å². The highest BCUT2D eigenvalue weighted by Gasteiger charge is 2.27. The summed E-state index contributed by atoms with van der Waals surface area (Å²) in [6.45, 7) is 0. The topological polar surface area (TPSA) is 95.3 Å². The second kappa shape index (κ2) is 5.75. The molecular weight excluding hydrogens is 210 g/mol. The maximum atomic E-state index is 11.3. The number of ether oxygens (including phenoxy) is 1. The molecule has 0 aliphatic heterocycles. The first-order valence-corrected chi connectivity index (χ1v) is 4.55. The Morgan fingerprint density at radius 3 is 2.62 bits per heavy atom. The molecule has 0 aromatic heterocycles. The summed E-state index contributed by atoms with van der Waals surface area (Å²) in [7, 11) is 1.17. The molecule has 0 saturated carbocycles. The molecule has 0 unspecified atom stereocenters. The SMILES string of the molecule is COC(=O)[C@@H](N=[N+]=[N-])[C@@H](O)c1ccccc1. The Morgan fingerprint density at radius 2 is 2.12 bits per heavy atom. The van der Waals surface area contributed by atoms with Gasteiger partial charge in [-0.05, 0) is 11.1 Å². The van der Waals surface area contributed by atoms with E-state index in [4.69, 9.17) is 5.53 Å². The minimum atomic E-state index is -1.27. The standard InChI is InChI=1S/C10H11N3O3/c1-16-10(15)8(12-13-11)9(14)7-5-3-2-4-6-7/h2-6,8-9,14H,1H3/t8-,9-/m0/s1. The van der Waals surface area contributed by atoms with Crippen LogP contribution in [0.5, 0.6) is 0 Å². The molecular formula is C10H11N3O3. The Kier molecular flexibility index (Phi) is 4.32. The zero-order chi connectivity index (χ0) is 12.0. The van der Waals surface area contributed by atoms with Crippen molar-refractivity contribution in [2.75, 3.05) is 7.11 Å². The van der Waals surface area contributed by atoms with E-state index < -0.39 is 18.1 Å². The van der Waals surface area contributed by atoms with Crippen LogP contribution in [0.2, 0.25) is 0 Å². The zero-order valence-electron chi connectivity index (χ0n) is 8.65. The first kappa shape index (κ1) is 12.0. The van der Waals surface area contributed by atoms with E-state index >= 15 is 0 Å². The summed E-state index contributed by atoms with van der Waals surface area (Å²) in [5.41, 5.74) is 8.81. The van der Waals surface area contributed by atoms with Gasteiger partial charge < -0.3 is 9.84 Å². The van der Waals surface area contributed by atoms with Gasteiger partial charge in [0.1, 0.15) is 0 Å². The van der Waals surface area contributed by atoms with Gasteiger partial charge in [-0.15, -0.1) is 0 Å². The molecule has 0 saturated heterocycles. The molecule has 1 aromatic carbocycles. The molecule has 0 spiro atoms. The van der Waals surface area contributed by atoms with Crippen molar-refractivity contribution < 1.29 is 14.6 Å². The van der Waals surface area contributed by atoms with Crippen LogP contribution in [0.25, 0.3) is 10.4 Å². The highest BCUT2D eigenvalue weighted by molar-refractivity contribution is 5.76. The number of nitrogens with zero attached hydrogens (tertiary/aromatic N) is 3. The monoisotopic (exact) mass is 221 g/mol. The van der Waals surface area contributed by atoms with Crippen molar-refractivity contribution in [3.05, 3.63) is 46.3 Å². The Morgan fingerprint density at radius 1 is 1.50 bits per heavy atom. The Hall–Kier alpha value is -2.04. The summed E-state index contributed by atoms with van der Waals surface area (Å²) in [5.74, 6) is -0.769. The van der Waals surface area contributed by atoms with Crippen molar-refractivity contribution in [2.24, 2.45) is 5.11 Å². The van der Waals surface area contributed by atoms with E-state index in [9.17, 15) is 9.90 Å². The van der Waals surface area contributed by atoms with Crippen molar-refractivity contribution in [3.63, 3.8) is 0 Å². The second-order valence-electron chi connectivity index (χ2n) is 3.03. The molecule has 6 heteroatoms. The van der Waals surface area contributed by atoms with Crippen molar-refractivity contribution in [3.8, 4) is 0 Å². The first-order valence-electron chi connectivity index (χ1n) is 4.55. The molecule has 0 radical (unpaired) electrons. The minimum absolute atomic E-state index is 0.491. The normalized spacial score (nSPS) is 13.4. The molecule has 0 aliphatic carbocycles. The molecule has 0 heterocycles. The van der Waals surface area contributed by atoms with E-state index in [0.717, 1.165) is 0 Å². The minimum Gasteiger partial charge on any atom is -0.469 e. The molecule has 0 bridgehead atoms. The molecule has 84 valence electrons. The summed E-state index contributed by atoms with van der Waals surface area (Å²) in [4.78, 5) is 13.8. The molecule has 0 amide bonds. The fraction of sp³-hybridized carbons (Fsp3) is 0.300. The van der Waals surface area contributed by atoms with E-state index in [1.807, 2.05) is 0 Å². The van der Waals surface area contributed by atoms with Gasteiger partial charge in [0.15, 0.2) is 6.04 Å². The fourth-order valence-corrected chi connectivity index (χ4v) is 1.25. The fourth-order valence-electron chi connectivity index (χ4n) is 1.25. The van der Waals surface area contributed by atoms with Gasteiger partial charge in [-0.2, -0.15) is 0 Å². The van der Waals surface area contributed by atoms with E-state index in [2.05, 4.69) is 14.8 Å². The molecule has 1 rings (SSSR count). The maximum Gasteiger partial charge on any atom is 0.317 e. The van der Waals surface area contributed by atoms with Gasteiger partial charge in [-0.25, -0.2) is 0 Å². The van der Waals surface area contributed by atoms with Crippen LogP contribution in [0, 0.1) is 0 Å². The smallest absolute Gasteiger partial charge is 0.317 e. The van der Waals surface area contributed by atoms with Gasteiger partial charge in [0.05, 0.1) is 13.2 Å². The van der Waals surface area contributed by atoms with Gasteiger partial charge >= 0.3 is 5.97 Å². The van der Waals surface area contributed by atoms with E-state index in [1.165, 1.54) is 7.11 Å². The van der Waals surface area contributed by atoms with Crippen LogP contribution >= 0.6 is 0 Å². The Balaban J connectivity index is 2.96. The number of methoxy groups -OCH3 is 1. The lowest BCUT2D eigenvalue weighted by atomic mass is 10.0. The van der Waals surface area contributed by atoms with Crippen LogP contribution in [-0.4, -0.2) is 24.2 Å². The van der Waals surface area contributed by atoms with E-state index in [1.54, 1.807) is 30.3 Å². The summed E-state index contributed by atoms with van der Waals surface area (Å²) in [6, 6.07) is 7.20. The van der Waals surface area contributed by atoms with Crippen LogP contribution in [0.15, 0.2) is 35.4 Å². The van der Waals surface area contributed by atoms with Crippen LogP contribution in [0.4, 0.5) is 0 Å². The number of aliphatic hydroxyl groups is 1. The summed E-state index contributed by atoms with van der Waals surface area (Å²) >= 11 is 0. The second-order valence-corrected chi connectivity index (χ2v) is 3.03. The molecule has 6 nitrogen and oxygen atoms in total. The largest absolute Gasteiger partial charge is 0.469 e. The molecule has 2 atom stereocenters. The average molecular weight is 221 g/mol. The third-order valence-electron chi connectivity index (χ3n) is 2.06. The maximum absolute atomic E-state index is 11.3. The number of benzene rings is 1. The summed E-state index contributed by atoms with van der Waals surface area (Å²) in [6.07, 6.45) is -1.20. The number of aliphatic hydroxyl groups excluding tert-OH is 1. The van der Waals surface area contributed by atoms with Crippen molar-refractivity contribution >= 4 is 5.97 Å². The highest BCUT2D eigenvalue weighted by Crippen LogP contribution is 2.19. The number of rotatable bonds is 4. The van der Waals surface area contributed by atoms with Crippen molar-refractivity contribution in [1.29, 1.82) is 0 Å². The summed E-state index contributed by atoms with van der Waals surface area (Å²) in [5, 5.41) is 13.1. The zero-order valence-corrected chi connectivity index (χ0v) is 8.65. The van der Waals surface area contributed by atoms with Gasteiger partial charge in [0.25, 0.3) is 0 Å². The molecule has 0 fully saturated rings. The first-order chi connectivity index (χ1) is 7.70. The lowest BCUT2D eigenvalue weighted by Crippen LogP contribution is -2.27. The third-order valence-corrected chi connectivity index (χ3v) is 2.06. The van der Waals surface area contributed by atoms with Gasteiger partial charge in [-0.1, -0.05) is 35.4 Å². The van der Waals surface area contributed by atoms with Crippen LogP contribution in [-0.2, 0) is 9.53 Å². The number of hydrogen-bond donors (Lipinski definition) is 1. The van der Waals surface area contributed by atoms with E-state index in [0.29, 0.717) is 5.56 Å². The number of carbonyl (C=O) groups excluding carboxylic acids is 1. The average Bonchev–Trinajstić information content (AvgIpc) is 2.35. The molecule has 1 N–H and O–H groups in total. The number of carbonyl (C=O) groups is 1. The lowest BCUT2D eigenvalue weighted by molar-refractivity contribution is -0.144. The third kappa shape index (κ3) is 2.73. The number of esters is 1.